The summed E-state index contributed by atoms with van der Waals surface area (Å²) in [7, 11) is 0. The van der Waals surface area contributed by atoms with Gasteiger partial charge in [-0.15, -0.1) is 0 Å². The van der Waals surface area contributed by atoms with Crippen LogP contribution in [0.3, 0.4) is 0 Å². The summed E-state index contributed by atoms with van der Waals surface area (Å²) >= 11 is 6.74. The number of nitrogens with one attached hydrogen (secondary N) is 2. The number of phenolic OH excluding ortho intramolecular Hbond substituents is 1. The first-order valence-electron chi connectivity index (χ1n) is 7.31. The number of aromatic hydroxyl groups is 1. The summed E-state index contributed by atoms with van der Waals surface area (Å²) in [5, 5.41) is 15.7. The number of para-hydroxylation sites is 1. The van der Waals surface area contributed by atoms with Gasteiger partial charge in [0.1, 0.15) is 22.6 Å². The molecule has 3 N–H and O–H groups in total. The lowest BCUT2D eigenvalue weighted by molar-refractivity contribution is 0.0939. The average molecular weight is 355 g/mol. The smallest absolute Gasteiger partial charge is 0.267 e. The fourth-order valence-electron chi connectivity index (χ4n) is 2.67. The molecule has 0 saturated carbocycles. The van der Waals surface area contributed by atoms with Crippen molar-refractivity contribution in [3.8, 4) is 11.4 Å². The van der Waals surface area contributed by atoms with Crippen LogP contribution in [0.2, 0.25) is 0 Å². The van der Waals surface area contributed by atoms with E-state index in [0.717, 1.165) is 11.3 Å². The Kier molecular flexibility index (Phi) is 3.59. The highest BCUT2D eigenvalue weighted by Crippen LogP contribution is 2.34. The van der Waals surface area contributed by atoms with Crippen molar-refractivity contribution in [1.29, 1.82) is 0 Å². The highest BCUT2D eigenvalue weighted by atomic mass is 32.1. The Morgan fingerprint density at radius 2 is 1.75 bits per heavy atom. The van der Waals surface area contributed by atoms with Gasteiger partial charge in [-0.25, -0.2) is 0 Å². The molecule has 24 heavy (non-hydrogen) atoms. The van der Waals surface area contributed by atoms with Crippen LogP contribution in [0, 0.1) is 3.95 Å². The molecule has 1 aliphatic rings. The van der Waals surface area contributed by atoms with Gasteiger partial charge in [-0.1, -0.05) is 41.7 Å². The summed E-state index contributed by atoms with van der Waals surface area (Å²) in [4.78, 5) is 13.1. The van der Waals surface area contributed by atoms with Gasteiger partial charge < -0.3 is 15.7 Å². The average Bonchev–Trinajstić information content (AvgIpc) is 2.93. The van der Waals surface area contributed by atoms with Crippen LogP contribution in [0.4, 0.5) is 5.82 Å². The van der Waals surface area contributed by atoms with Gasteiger partial charge in [-0.05, 0) is 42.0 Å². The van der Waals surface area contributed by atoms with E-state index in [1.165, 1.54) is 11.3 Å². The van der Waals surface area contributed by atoms with Gasteiger partial charge in [-0.3, -0.25) is 9.36 Å². The lowest BCUT2D eigenvalue weighted by Gasteiger charge is -2.27. The standard InChI is InChI=1S/C17H13N3O2S2/c21-12-8-6-10(7-9-12)14-18-15-13(16(22)19-14)24-17(23)20(15)11-4-2-1-3-5-11/h1-9,14,18,21H,(H,19,22)/t14-/m1/s1. The van der Waals surface area contributed by atoms with Crippen molar-refractivity contribution < 1.29 is 9.90 Å². The first-order valence-corrected chi connectivity index (χ1v) is 8.53. The molecule has 1 amide bonds. The zero-order valence-corrected chi connectivity index (χ0v) is 14.0. The van der Waals surface area contributed by atoms with Crippen LogP contribution in [0.5, 0.6) is 5.75 Å². The molecule has 4 rings (SSSR count). The molecular formula is C17H13N3O2S2. The first kappa shape index (κ1) is 14.9. The van der Waals surface area contributed by atoms with Gasteiger partial charge in [0.2, 0.25) is 0 Å². The third-order valence-electron chi connectivity index (χ3n) is 3.81. The van der Waals surface area contributed by atoms with E-state index in [0.29, 0.717) is 14.6 Å². The number of aromatic nitrogens is 1. The Bertz CT molecular complexity index is 962. The molecule has 0 spiro atoms. The predicted molar refractivity (Wildman–Crippen MR) is 96.4 cm³/mol. The van der Waals surface area contributed by atoms with Crippen LogP contribution in [-0.4, -0.2) is 15.6 Å². The molecule has 0 radical (unpaired) electrons. The number of hydrogen-bond acceptors (Lipinski definition) is 5. The van der Waals surface area contributed by atoms with Crippen molar-refractivity contribution >= 4 is 35.3 Å². The number of carbonyl (C=O) groups excluding carboxylic acids is 1. The van der Waals surface area contributed by atoms with E-state index < -0.39 is 0 Å². The Balaban J connectivity index is 1.80. The van der Waals surface area contributed by atoms with Crippen molar-refractivity contribution in [2.75, 3.05) is 5.32 Å². The van der Waals surface area contributed by atoms with Gasteiger partial charge in [0.15, 0.2) is 3.95 Å². The number of thiazole rings is 1. The summed E-state index contributed by atoms with van der Waals surface area (Å²) in [6.45, 7) is 0. The normalized spacial score (nSPS) is 16.2. The molecule has 3 aromatic rings. The van der Waals surface area contributed by atoms with Gasteiger partial charge >= 0.3 is 0 Å². The molecule has 2 heterocycles. The maximum atomic E-state index is 12.5. The second kappa shape index (κ2) is 5.77. The summed E-state index contributed by atoms with van der Waals surface area (Å²) in [5.41, 5.74) is 1.76. The lowest BCUT2D eigenvalue weighted by atomic mass is 10.1. The molecule has 5 nitrogen and oxygen atoms in total. The molecule has 0 unspecified atom stereocenters. The van der Waals surface area contributed by atoms with E-state index in [-0.39, 0.29) is 17.8 Å². The van der Waals surface area contributed by atoms with Gasteiger partial charge in [0.05, 0.1) is 0 Å². The lowest BCUT2D eigenvalue weighted by Crippen LogP contribution is -2.38. The Morgan fingerprint density at radius 3 is 2.46 bits per heavy atom. The van der Waals surface area contributed by atoms with E-state index in [4.69, 9.17) is 12.2 Å². The van der Waals surface area contributed by atoms with Crippen molar-refractivity contribution in [2.24, 2.45) is 0 Å². The molecule has 1 atom stereocenters. The Hall–Kier alpha value is -2.64. The third kappa shape index (κ3) is 2.47. The van der Waals surface area contributed by atoms with Gasteiger partial charge in [0.25, 0.3) is 5.91 Å². The second-order valence-corrected chi connectivity index (χ2v) is 7.00. The molecule has 7 heteroatoms. The number of benzene rings is 2. The largest absolute Gasteiger partial charge is 0.508 e. The fourth-order valence-corrected chi connectivity index (χ4v) is 3.98. The van der Waals surface area contributed by atoms with Crippen LogP contribution in [0.25, 0.3) is 5.69 Å². The number of anilines is 1. The van der Waals surface area contributed by atoms with E-state index in [2.05, 4.69) is 10.6 Å². The summed E-state index contributed by atoms with van der Waals surface area (Å²) in [6.07, 6.45) is -0.385. The number of carbonyl (C=O) groups is 1. The second-order valence-electron chi connectivity index (χ2n) is 5.36. The molecule has 0 aliphatic carbocycles. The van der Waals surface area contributed by atoms with E-state index in [1.54, 1.807) is 24.3 Å². The van der Waals surface area contributed by atoms with Crippen molar-refractivity contribution in [3.05, 3.63) is 69.0 Å². The number of amides is 1. The highest BCUT2D eigenvalue weighted by Gasteiger charge is 2.29. The minimum absolute atomic E-state index is 0.160. The number of fused-ring (bicyclic) bond motifs is 1. The fraction of sp³-hybridized carbons (Fsp3) is 0.0588. The van der Waals surface area contributed by atoms with Gasteiger partial charge in [-0.2, -0.15) is 0 Å². The van der Waals surface area contributed by atoms with Gasteiger partial charge in [0, 0.05) is 5.69 Å². The molecule has 0 saturated heterocycles. The molecule has 0 fully saturated rings. The summed E-state index contributed by atoms with van der Waals surface area (Å²) in [6, 6.07) is 16.4. The van der Waals surface area contributed by atoms with Crippen molar-refractivity contribution in [1.82, 2.24) is 9.88 Å². The van der Waals surface area contributed by atoms with E-state index in [1.807, 2.05) is 34.9 Å². The zero-order chi connectivity index (χ0) is 16.7. The maximum Gasteiger partial charge on any atom is 0.267 e. The van der Waals surface area contributed by atoms with Crippen LogP contribution < -0.4 is 10.6 Å². The molecule has 0 bridgehead atoms. The minimum atomic E-state index is -0.385. The number of hydrogen-bond donors (Lipinski definition) is 3. The predicted octanol–water partition coefficient (Wildman–Crippen LogP) is 3.83. The third-order valence-corrected chi connectivity index (χ3v) is 5.19. The molecule has 120 valence electrons. The maximum absolute atomic E-state index is 12.5. The van der Waals surface area contributed by atoms with Crippen molar-refractivity contribution in [3.63, 3.8) is 0 Å². The summed E-state index contributed by atoms with van der Waals surface area (Å²) in [5.74, 6) is 0.718. The topological polar surface area (TPSA) is 66.3 Å². The molecular weight excluding hydrogens is 342 g/mol. The zero-order valence-electron chi connectivity index (χ0n) is 12.4. The quantitative estimate of drug-likeness (QED) is 0.611. The Labute approximate surface area is 147 Å². The first-order chi connectivity index (χ1) is 11.6. The highest BCUT2D eigenvalue weighted by molar-refractivity contribution is 7.73. The number of rotatable bonds is 2. The SMILES string of the molecule is O=C1N[C@H](c2ccc(O)cc2)Nc2c1sc(=S)n2-c1ccccc1. The number of phenols is 1. The molecule has 1 aromatic heterocycles. The molecule has 2 aromatic carbocycles. The Morgan fingerprint density at radius 1 is 1.04 bits per heavy atom. The monoisotopic (exact) mass is 355 g/mol. The van der Waals surface area contributed by atoms with Crippen LogP contribution in [0.1, 0.15) is 21.4 Å². The number of nitrogens with zero attached hydrogens (tertiary/aromatic N) is 1. The minimum Gasteiger partial charge on any atom is -0.508 e. The van der Waals surface area contributed by atoms with E-state index >= 15 is 0 Å². The molecule has 1 aliphatic heterocycles. The van der Waals surface area contributed by atoms with Crippen LogP contribution >= 0.6 is 23.6 Å². The summed E-state index contributed by atoms with van der Waals surface area (Å²) < 4.78 is 2.49. The van der Waals surface area contributed by atoms with Crippen LogP contribution in [-0.2, 0) is 0 Å². The van der Waals surface area contributed by atoms with E-state index in [9.17, 15) is 9.90 Å². The van der Waals surface area contributed by atoms with Crippen molar-refractivity contribution in [2.45, 2.75) is 6.17 Å². The van der Waals surface area contributed by atoms with Crippen LogP contribution in [0.15, 0.2) is 54.6 Å².